The molecule has 3 aromatic carbocycles. The minimum absolute atomic E-state index is 0.211. The first-order valence-electron chi connectivity index (χ1n) is 15.4. The number of nitrogens with one attached hydrogen (secondary N) is 1. The summed E-state index contributed by atoms with van der Waals surface area (Å²) in [7, 11) is 0. The van der Waals surface area contributed by atoms with Crippen molar-refractivity contribution in [2.24, 2.45) is 4.99 Å². The van der Waals surface area contributed by atoms with E-state index in [1.165, 1.54) is 44.2 Å². The number of hydrogen-bond acceptors (Lipinski definition) is 4. The fourth-order valence-electron chi connectivity index (χ4n) is 6.83. The van der Waals surface area contributed by atoms with E-state index in [2.05, 4.69) is 114 Å². The summed E-state index contributed by atoms with van der Waals surface area (Å²) < 4.78 is 0. The van der Waals surface area contributed by atoms with Crippen LogP contribution in [0, 0.1) is 0 Å². The fourth-order valence-corrected chi connectivity index (χ4v) is 6.83. The molecule has 2 aliphatic heterocycles. The van der Waals surface area contributed by atoms with Gasteiger partial charge < -0.3 is 5.32 Å². The number of aromatic nitrogens is 2. The zero-order valence-electron chi connectivity index (χ0n) is 24.4. The van der Waals surface area contributed by atoms with Crippen molar-refractivity contribution in [1.82, 2.24) is 15.3 Å². The molecule has 0 fully saturated rings. The standard InChI is InChI=1S/C40H32N4/c1-2-10-27(11-3-1)28-16-19-33-34(24-28)40(30-18-21-38(44-26-30)36-15-7-9-23-42-36)32-13-5-4-12-31(32)39(33)29-17-20-37(43-25-29)35-14-6-8-22-41-35/h1-15,18,20-21,23-26,29,41H,16-17,19,22H2. The van der Waals surface area contributed by atoms with Gasteiger partial charge in [-0.3, -0.25) is 15.0 Å². The van der Waals surface area contributed by atoms with Gasteiger partial charge in [-0.25, -0.2) is 0 Å². The van der Waals surface area contributed by atoms with Gasteiger partial charge in [0.15, 0.2) is 0 Å². The topological polar surface area (TPSA) is 50.2 Å². The lowest BCUT2D eigenvalue weighted by atomic mass is 9.76. The highest BCUT2D eigenvalue weighted by molar-refractivity contribution is 6.07. The van der Waals surface area contributed by atoms with Crippen molar-refractivity contribution >= 4 is 28.6 Å². The first kappa shape index (κ1) is 26.3. The van der Waals surface area contributed by atoms with Crippen LogP contribution in [0.25, 0.3) is 44.9 Å². The van der Waals surface area contributed by atoms with Gasteiger partial charge in [0, 0.05) is 36.6 Å². The van der Waals surface area contributed by atoms with Gasteiger partial charge in [0.1, 0.15) is 0 Å². The van der Waals surface area contributed by atoms with Crippen LogP contribution in [0.2, 0.25) is 0 Å². The average Bonchev–Trinajstić information content (AvgIpc) is 3.12. The normalized spacial score (nSPS) is 17.4. The molecule has 0 saturated heterocycles. The first-order chi connectivity index (χ1) is 21.8. The van der Waals surface area contributed by atoms with Crippen LogP contribution < -0.4 is 5.32 Å². The predicted octanol–water partition coefficient (Wildman–Crippen LogP) is 8.94. The van der Waals surface area contributed by atoms with Gasteiger partial charge in [0.25, 0.3) is 0 Å². The van der Waals surface area contributed by atoms with Crippen molar-refractivity contribution in [3.05, 3.63) is 155 Å². The lowest BCUT2D eigenvalue weighted by molar-refractivity contribution is 0.842. The van der Waals surface area contributed by atoms with Gasteiger partial charge in [-0.05, 0) is 87.7 Å². The monoisotopic (exact) mass is 568 g/mol. The van der Waals surface area contributed by atoms with Crippen molar-refractivity contribution < 1.29 is 0 Å². The van der Waals surface area contributed by atoms with Crippen molar-refractivity contribution in [3.63, 3.8) is 0 Å². The molecule has 0 saturated carbocycles. The third-order valence-corrected chi connectivity index (χ3v) is 8.91. The molecule has 212 valence electrons. The molecule has 2 aromatic heterocycles. The number of nitrogens with zero attached hydrogens (tertiary/aromatic N) is 3. The fraction of sp³-hybridized carbons (Fsp3) is 0.125. The summed E-state index contributed by atoms with van der Waals surface area (Å²) in [5.41, 5.74) is 13.1. The minimum atomic E-state index is 0.211. The Morgan fingerprint density at radius 2 is 1.59 bits per heavy atom. The number of rotatable bonds is 5. The van der Waals surface area contributed by atoms with Gasteiger partial charge in [-0.15, -0.1) is 0 Å². The maximum absolute atomic E-state index is 4.99. The number of fused-ring (bicyclic) bond motifs is 2. The summed E-state index contributed by atoms with van der Waals surface area (Å²) in [6.07, 6.45) is 20.0. The molecule has 4 nitrogen and oxygen atoms in total. The van der Waals surface area contributed by atoms with E-state index in [9.17, 15) is 0 Å². The second-order valence-electron chi connectivity index (χ2n) is 11.5. The molecule has 1 atom stereocenters. The quantitative estimate of drug-likeness (QED) is 0.230. The van der Waals surface area contributed by atoms with Crippen molar-refractivity contribution in [3.8, 4) is 22.5 Å². The summed E-state index contributed by atoms with van der Waals surface area (Å²) in [5.74, 6) is 0.211. The number of hydrogen-bond donors (Lipinski definition) is 1. The van der Waals surface area contributed by atoms with E-state index in [0.717, 1.165) is 54.2 Å². The number of pyridine rings is 2. The van der Waals surface area contributed by atoms with Crippen LogP contribution in [-0.4, -0.2) is 22.7 Å². The lowest BCUT2D eigenvalue weighted by Gasteiger charge is -2.29. The van der Waals surface area contributed by atoms with Crippen LogP contribution in [0.1, 0.15) is 41.0 Å². The van der Waals surface area contributed by atoms with Crippen molar-refractivity contribution in [1.29, 1.82) is 0 Å². The molecule has 1 N–H and O–H groups in total. The van der Waals surface area contributed by atoms with E-state index < -0.39 is 0 Å². The molecule has 4 heterocycles. The summed E-state index contributed by atoms with van der Waals surface area (Å²) in [4.78, 5) is 14.4. The van der Waals surface area contributed by atoms with Gasteiger partial charge in [-0.2, -0.15) is 0 Å². The van der Waals surface area contributed by atoms with Crippen LogP contribution in [0.15, 0.2) is 138 Å². The van der Waals surface area contributed by atoms with E-state index in [1.54, 1.807) is 0 Å². The van der Waals surface area contributed by atoms with E-state index in [-0.39, 0.29) is 5.92 Å². The molecule has 4 heteroatoms. The van der Waals surface area contributed by atoms with Gasteiger partial charge >= 0.3 is 0 Å². The van der Waals surface area contributed by atoms with Crippen molar-refractivity contribution in [2.75, 3.05) is 6.54 Å². The number of benzene rings is 3. The molecule has 0 amide bonds. The number of allylic oxidation sites excluding steroid dienone is 4. The molecular weight excluding hydrogens is 536 g/mol. The van der Waals surface area contributed by atoms with Crippen LogP contribution in [-0.2, 0) is 6.42 Å². The second-order valence-corrected chi connectivity index (χ2v) is 11.5. The zero-order chi connectivity index (χ0) is 29.3. The van der Waals surface area contributed by atoms with Gasteiger partial charge in [-0.1, -0.05) is 91.0 Å². The first-order valence-corrected chi connectivity index (χ1v) is 15.4. The predicted molar refractivity (Wildman–Crippen MR) is 182 cm³/mol. The minimum Gasteiger partial charge on any atom is -0.380 e. The third-order valence-electron chi connectivity index (χ3n) is 8.91. The Morgan fingerprint density at radius 3 is 2.34 bits per heavy atom. The van der Waals surface area contributed by atoms with Crippen LogP contribution >= 0.6 is 0 Å². The number of aliphatic imine (C=N–C) groups is 1. The molecule has 1 aliphatic carbocycles. The maximum atomic E-state index is 4.99. The highest BCUT2D eigenvalue weighted by Crippen LogP contribution is 2.46. The zero-order valence-corrected chi connectivity index (χ0v) is 24.4. The van der Waals surface area contributed by atoms with Crippen LogP contribution in [0.3, 0.4) is 0 Å². The molecular formula is C40H32N4. The summed E-state index contributed by atoms with van der Waals surface area (Å²) >= 11 is 0. The Labute approximate surface area is 258 Å². The molecule has 5 aromatic rings. The molecule has 0 bridgehead atoms. The Kier molecular flexibility index (Phi) is 6.80. The summed E-state index contributed by atoms with van der Waals surface area (Å²) in [6.45, 7) is 0.843. The largest absolute Gasteiger partial charge is 0.380 e. The van der Waals surface area contributed by atoms with E-state index in [1.807, 2.05) is 30.6 Å². The summed E-state index contributed by atoms with van der Waals surface area (Å²) in [6, 6.07) is 30.0. The molecule has 44 heavy (non-hydrogen) atoms. The highest BCUT2D eigenvalue weighted by atomic mass is 14.9. The second kappa shape index (κ2) is 11.4. The van der Waals surface area contributed by atoms with E-state index in [0.29, 0.717) is 0 Å². The average molecular weight is 569 g/mol. The van der Waals surface area contributed by atoms with Crippen LogP contribution in [0.5, 0.6) is 0 Å². The summed E-state index contributed by atoms with van der Waals surface area (Å²) in [5, 5.41) is 6.02. The van der Waals surface area contributed by atoms with E-state index >= 15 is 0 Å². The van der Waals surface area contributed by atoms with Gasteiger partial charge in [0.2, 0.25) is 0 Å². The third kappa shape index (κ3) is 4.79. The highest BCUT2D eigenvalue weighted by Gasteiger charge is 2.27. The van der Waals surface area contributed by atoms with Crippen LogP contribution in [0.4, 0.5) is 0 Å². The molecule has 0 spiro atoms. The lowest BCUT2D eigenvalue weighted by Crippen LogP contribution is -2.19. The Hall–Kier alpha value is -5.35. The molecule has 3 aliphatic rings. The molecule has 1 unspecified atom stereocenters. The Bertz CT molecular complexity index is 2010. The Morgan fingerprint density at radius 1 is 0.750 bits per heavy atom. The smallest absolute Gasteiger partial charge is 0.0886 e. The van der Waals surface area contributed by atoms with Gasteiger partial charge in [0.05, 0.1) is 22.8 Å². The maximum Gasteiger partial charge on any atom is 0.0886 e. The molecule has 8 rings (SSSR count). The van der Waals surface area contributed by atoms with E-state index in [4.69, 9.17) is 9.98 Å². The SMILES string of the molecule is C1=CCNC(C2=CCC(c3c4c(c(-c5ccc(-c6ccccn6)nc5)c5ccccc35)C=C(c3ccccc3)CC4)C=N2)=C1. The molecule has 0 radical (unpaired) electrons. The number of dihydropyridines is 1. The van der Waals surface area contributed by atoms with Crippen molar-refractivity contribution in [2.45, 2.75) is 25.2 Å². The Balaban J connectivity index is 1.30.